The zero-order chi connectivity index (χ0) is 75.2. The number of carbonyl (C=O) groups excluding carboxylic acids is 2. The van der Waals surface area contributed by atoms with Crippen molar-refractivity contribution >= 4 is 93.2 Å². The fraction of sp³-hybridized carbons (Fsp3) is 0.781. The van der Waals surface area contributed by atoms with Crippen molar-refractivity contribution in [1.29, 1.82) is 0 Å². The van der Waals surface area contributed by atoms with Gasteiger partial charge in [0.1, 0.15) is 32.2 Å². The van der Waals surface area contributed by atoms with Crippen molar-refractivity contribution in [2.75, 3.05) is 67.8 Å². The molecule has 2 aromatic carbocycles. The topological polar surface area (TPSA) is 277 Å². The van der Waals surface area contributed by atoms with E-state index in [0.717, 1.165) is 13.0 Å². The molecule has 4 aliphatic rings. The fourth-order valence-corrected chi connectivity index (χ4v) is 12.2. The van der Waals surface area contributed by atoms with Crippen LogP contribution in [-0.4, -0.2) is 154 Å². The zero-order valence-electron chi connectivity index (χ0n) is 62.3. The van der Waals surface area contributed by atoms with E-state index in [4.69, 9.17) is 70.0 Å². The first kappa shape index (κ1) is 102. The second kappa shape index (κ2) is 42.8. The summed E-state index contributed by atoms with van der Waals surface area (Å²) in [5, 5.41) is 12.2. The molecule has 4 heterocycles. The number of benzene rings is 2. The number of nitrogens with one attached hydrogen (secondary N) is 1. The Morgan fingerprint density at radius 2 is 1.09 bits per heavy atom. The quantitative estimate of drug-likeness (QED) is 0.166. The number of morpholine rings is 1. The largest absolute Gasteiger partial charge is 1.00 e. The van der Waals surface area contributed by atoms with E-state index in [1.165, 1.54) is 15.4 Å². The number of halogens is 6. The molecule has 0 amide bonds. The van der Waals surface area contributed by atoms with Crippen LogP contribution in [0.15, 0.2) is 60.7 Å². The van der Waals surface area contributed by atoms with E-state index in [-0.39, 0.29) is 98.9 Å². The van der Waals surface area contributed by atoms with Crippen LogP contribution >= 0.6 is 50.4 Å². The van der Waals surface area contributed by atoms with Gasteiger partial charge in [-0.25, -0.2) is 8.42 Å². The molecule has 4 aliphatic heterocycles. The minimum Gasteiger partial charge on any atom is -0.286 e. The van der Waals surface area contributed by atoms with Gasteiger partial charge in [-0.05, 0) is 128 Å². The molecule has 31 heteroatoms. The molecule has 0 spiro atoms. The molecule has 4 fully saturated rings. The van der Waals surface area contributed by atoms with Gasteiger partial charge in [0.05, 0.1) is 49.0 Å². The molecule has 0 bridgehead atoms. The average Bonchev–Trinajstić information content (AvgIpc) is 1.35. The van der Waals surface area contributed by atoms with Crippen LogP contribution in [0.25, 0.3) is 0 Å². The smallest absolute Gasteiger partial charge is 0.286 e. The number of nitrogens with zero attached hydrogens (tertiary/aromatic N) is 4. The molecule has 0 aromatic heterocycles. The summed E-state index contributed by atoms with van der Waals surface area (Å²) in [6, 6.07) is 22.0. The number of esters is 2. The fourth-order valence-electron chi connectivity index (χ4n) is 9.72. The predicted octanol–water partition coefficient (Wildman–Crippen LogP) is 4.61. The molecular weight excluding hydrogens is 1600 g/mol. The molecule has 4 saturated heterocycles. The standard InChI is InChI=1S/C16H23NO2.C16H22O2.C8H17NO3S.C8H17NO2S.C8H19NO.C8H19N.Cl2OS.3ClH.IO4.Na.Ru/c1-15(2,3)16(4)14(18)19-11-13(17(16)5)12-9-7-6-8-10-12;1-15(2,3)16(4)10-13(11-18-14(16)17)12-8-6-5-7-9-12;1-7(2,3)8(4)6-12-13(10,11)9(8)5;1-7(2,3)8(4)6-11-12(10)9(8)5;1-7(2,3)8(4,6-10)9-5;1-6-9(7(2)3)8(4)5;1-4(2)3;;;;2-1(3,4)5;;/h6-10,13H,11H2,1-5H3;5-9,13H,10-11H2,1-4H3;6H2,1-5H3;6H2,1-5H3;9-10H,6H2,1-5H3;7-8H,6H2,1-5H3;;3*1H;;;/q;;;;;;;;;;-1;+1;+3/p-3/t2*13-,16-;8-;8-,12?;8-;;;;;;;;/m00000......../s1. The van der Waals surface area contributed by atoms with E-state index in [0.29, 0.717) is 37.8 Å². The molecule has 0 saturated carbocycles. The second-order valence-electron chi connectivity index (χ2n) is 29.9. The maximum absolute atomic E-state index is 12.3. The van der Waals surface area contributed by atoms with Gasteiger partial charge in [-0.1, -0.05) is 171 Å². The summed E-state index contributed by atoms with van der Waals surface area (Å²) in [5.74, 6) is 0.130. The molecule has 8 atom stereocenters. The molecule has 20 nitrogen and oxygen atoms in total. The summed E-state index contributed by atoms with van der Waals surface area (Å²) in [6.07, 6.45) is 0.860. The van der Waals surface area contributed by atoms with Gasteiger partial charge in [0.25, 0.3) is 0 Å². The van der Waals surface area contributed by atoms with E-state index in [1.54, 1.807) is 11.4 Å². The summed E-state index contributed by atoms with van der Waals surface area (Å²) in [6.45, 7) is 55.6. The van der Waals surface area contributed by atoms with Gasteiger partial charge in [0.2, 0.25) is 20.5 Å². The minimum atomic E-state index is -5.94. The molecule has 557 valence electrons. The van der Waals surface area contributed by atoms with Crippen LogP contribution in [0.2, 0.25) is 0 Å². The van der Waals surface area contributed by atoms with E-state index >= 15 is 0 Å². The summed E-state index contributed by atoms with van der Waals surface area (Å²) in [7, 11) is 26.0. The third kappa shape index (κ3) is 32.9. The van der Waals surface area contributed by atoms with Crippen molar-refractivity contribution in [3.8, 4) is 0 Å². The minimum absolute atomic E-state index is 0. The van der Waals surface area contributed by atoms with Crippen LogP contribution in [0.4, 0.5) is 0 Å². The molecule has 1 unspecified atom stereocenters. The predicted molar refractivity (Wildman–Crippen MR) is 372 cm³/mol. The molecule has 95 heavy (non-hydrogen) atoms. The van der Waals surface area contributed by atoms with Gasteiger partial charge < -0.3 is 19.9 Å². The van der Waals surface area contributed by atoms with Crippen molar-refractivity contribution < 1.29 is 126 Å². The summed E-state index contributed by atoms with van der Waals surface area (Å²) >= 11 is -8.94. The molecule has 0 aliphatic carbocycles. The van der Waals surface area contributed by atoms with E-state index < -0.39 is 80.4 Å². The monoisotopic (exact) mass is 1720 g/mol. The molecule has 6 rings (SSSR count). The van der Waals surface area contributed by atoms with E-state index in [2.05, 4.69) is 185 Å². The van der Waals surface area contributed by atoms with Crippen molar-refractivity contribution in [2.24, 2.45) is 32.5 Å². The maximum Gasteiger partial charge on any atom is 1.00 e. The van der Waals surface area contributed by atoms with Crippen LogP contribution in [0.5, 0.6) is 0 Å². The van der Waals surface area contributed by atoms with Crippen LogP contribution in [0, 0.1) is 32.5 Å². The molecule has 2 N–H and O–H groups in total. The Labute approximate surface area is 633 Å². The Balaban J connectivity index is -0.000000511. The van der Waals surface area contributed by atoms with Gasteiger partial charge in [0.15, 0.2) is 0 Å². The normalized spacial score (nSPS) is 25.6. The van der Waals surface area contributed by atoms with Crippen LogP contribution in [0.3, 0.4) is 0 Å². The van der Waals surface area contributed by atoms with Gasteiger partial charge in [0, 0.05) is 59.0 Å². The number of rotatable bonds is 7. The van der Waals surface area contributed by atoms with Gasteiger partial charge in [-0.2, -0.15) is 17.0 Å². The van der Waals surface area contributed by atoms with Crippen LogP contribution < -0.4 is 68.7 Å². The number of likely N-dealkylation sites (N-methyl/N-ethyl adjacent to an activating group) is 4. The Hall–Kier alpha value is 0.953. The van der Waals surface area contributed by atoms with Crippen LogP contribution in [0.1, 0.15) is 203 Å². The number of hydrogen-bond donors (Lipinski definition) is 2. The number of aliphatic hydroxyl groups excluding tert-OH is 1. The van der Waals surface area contributed by atoms with Crippen molar-refractivity contribution in [3.63, 3.8) is 0 Å². The Morgan fingerprint density at radius 1 is 0.716 bits per heavy atom. The summed E-state index contributed by atoms with van der Waals surface area (Å²) < 4.78 is 101. The van der Waals surface area contributed by atoms with Crippen molar-refractivity contribution in [3.05, 3.63) is 71.8 Å². The van der Waals surface area contributed by atoms with Crippen LogP contribution in [-0.2, 0) is 71.2 Å². The number of aliphatic hydroxyl groups is 1. The van der Waals surface area contributed by atoms with E-state index in [1.807, 2.05) is 106 Å². The second-order valence-corrected chi connectivity index (χ2v) is 45.3. The number of hydrogen-bond acceptors (Lipinski definition) is 18. The first-order chi connectivity index (χ1) is 42.0. The van der Waals surface area contributed by atoms with Crippen molar-refractivity contribution in [1.82, 2.24) is 23.7 Å². The first-order valence-corrected chi connectivity index (χ1v) is 46.1. The summed E-state index contributed by atoms with van der Waals surface area (Å²) in [4.78, 5) is 29.0. The third-order valence-corrected chi connectivity index (χ3v) is 22.0. The average molecular weight is 1720 g/mol. The number of ether oxygens (including phenoxy) is 2. The zero-order valence-corrected chi connectivity index (χ0v) is 74.5. The third-order valence-electron chi connectivity index (χ3n) is 19.4. The Bertz CT molecular complexity index is 2690. The van der Waals surface area contributed by atoms with Gasteiger partial charge in [-0.15, -0.1) is 0 Å². The maximum atomic E-state index is 12.3. The molecular formula is C64H117Cl5IN5NaO15RuS3. The van der Waals surface area contributed by atoms with Gasteiger partial charge >= 0.3 is 93.9 Å². The SMILES string of the molecule is CC(C)(C)[C@@]1(C)C[C@H](c2ccccc2)COC1=O.CCN(C(C)C)C(C)C.CN1S(=O)OC[C@@]1(C)C(C)(C)C.CN1[C@H](c2ccccc2)COC(=O)[C@@]1(C)C(C)(C)C.CN1[C@](C)(C(C)(C)C)COS1(=O)=O.CN[C@@](C)(CO)C(C)(C)C.O=S(Cl)Cl.[Cl][Ru]([Cl])[Cl].[Na+].[O-][I+3]([O-])([O-])[O-]. The number of carbonyl (C=O) groups is 2. The molecule has 2 aromatic rings. The van der Waals surface area contributed by atoms with Crippen molar-refractivity contribution in [2.45, 2.75) is 226 Å². The Kier molecular flexibility index (Phi) is 46.1. The molecule has 0 radical (unpaired) electrons. The van der Waals surface area contributed by atoms with E-state index in [9.17, 15) is 22.2 Å². The summed E-state index contributed by atoms with van der Waals surface area (Å²) in [5.41, 5.74) is 0.432. The Morgan fingerprint density at radius 3 is 1.33 bits per heavy atom. The first-order valence-electron chi connectivity index (χ1n) is 30.6. The van der Waals surface area contributed by atoms with Gasteiger partial charge in [-0.3, -0.25) is 41.5 Å². The number of cyclic esters (lactones) is 2.